The van der Waals surface area contributed by atoms with Gasteiger partial charge in [0.15, 0.2) is 0 Å². The van der Waals surface area contributed by atoms with E-state index < -0.39 is 0 Å². The quantitative estimate of drug-likeness (QED) is 0.551. The van der Waals surface area contributed by atoms with Gasteiger partial charge in [0.25, 0.3) is 0 Å². The Bertz CT molecular complexity index is 390. The molecule has 18 heavy (non-hydrogen) atoms. The summed E-state index contributed by atoms with van der Waals surface area (Å²) in [6.45, 7) is 6.64. The Kier molecular flexibility index (Phi) is 7.12. The fourth-order valence-corrected chi connectivity index (χ4v) is 2.72. The van der Waals surface area contributed by atoms with Gasteiger partial charge in [-0.1, -0.05) is 75.9 Å². The fourth-order valence-electron chi connectivity index (χ4n) is 2.34. The fraction of sp³-hybridized carbons (Fsp3) is 0.529. The zero-order chi connectivity index (χ0) is 13.4. The van der Waals surface area contributed by atoms with Crippen LogP contribution in [0.2, 0.25) is 0 Å². The van der Waals surface area contributed by atoms with Gasteiger partial charge in [-0.25, -0.2) is 0 Å². The molecular weight excluding hydrogens is 240 g/mol. The van der Waals surface area contributed by atoms with Crippen LogP contribution in [-0.4, -0.2) is 0 Å². The van der Waals surface area contributed by atoms with E-state index in [0.717, 1.165) is 37.1 Å². The summed E-state index contributed by atoms with van der Waals surface area (Å²) in [7, 11) is 0. The van der Waals surface area contributed by atoms with E-state index in [1.165, 1.54) is 23.1 Å². The molecule has 1 rings (SSSR count). The molecule has 0 saturated carbocycles. The standard InChI is InChI=1S/C17H25Cl/c1-4-9-14-12-7-8-13-15(14)16(10-5-2)17(18)11-6-3/h7-8,12-13H,4-6,9-11H2,1-3H3. The second-order valence-electron chi connectivity index (χ2n) is 4.79. The van der Waals surface area contributed by atoms with E-state index in [4.69, 9.17) is 11.6 Å². The minimum atomic E-state index is 0.997. The predicted octanol–water partition coefficient (Wildman–Crippen LogP) is 6.19. The molecule has 100 valence electrons. The van der Waals surface area contributed by atoms with E-state index >= 15 is 0 Å². The molecule has 0 unspecified atom stereocenters. The summed E-state index contributed by atoms with van der Waals surface area (Å²) < 4.78 is 0. The van der Waals surface area contributed by atoms with Crippen LogP contribution in [0.1, 0.15) is 64.0 Å². The number of hydrogen-bond acceptors (Lipinski definition) is 0. The number of rotatable bonds is 7. The van der Waals surface area contributed by atoms with Crippen LogP contribution in [-0.2, 0) is 6.42 Å². The van der Waals surface area contributed by atoms with Crippen LogP contribution >= 0.6 is 11.6 Å². The van der Waals surface area contributed by atoms with E-state index in [-0.39, 0.29) is 0 Å². The first kappa shape index (κ1) is 15.3. The zero-order valence-electron chi connectivity index (χ0n) is 11.9. The van der Waals surface area contributed by atoms with Crippen molar-refractivity contribution in [1.82, 2.24) is 0 Å². The first-order valence-electron chi connectivity index (χ1n) is 7.20. The molecule has 0 nitrogen and oxygen atoms in total. The summed E-state index contributed by atoms with van der Waals surface area (Å²) in [5.41, 5.74) is 4.18. The molecule has 0 N–H and O–H groups in total. The van der Waals surface area contributed by atoms with Crippen molar-refractivity contribution in [2.75, 3.05) is 0 Å². The number of aryl methyl sites for hydroxylation is 1. The normalized spacial score (nSPS) is 12.4. The molecule has 0 aromatic heterocycles. The summed E-state index contributed by atoms with van der Waals surface area (Å²) in [4.78, 5) is 0. The molecule has 1 heteroatoms. The maximum atomic E-state index is 6.51. The number of benzene rings is 1. The molecule has 0 radical (unpaired) electrons. The molecule has 1 aromatic rings. The van der Waals surface area contributed by atoms with E-state index in [1.54, 1.807) is 0 Å². The SMILES string of the molecule is CCCC(Cl)=C(CCC)c1ccccc1CCC. The van der Waals surface area contributed by atoms with Crippen LogP contribution in [0.25, 0.3) is 5.57 Å². The second-order valence-corrected chi connectivity index (χ2v) is 5.25. The van der Waals surface area contributed by atoms with Crippen LogP contribution in [0.15, 0.2) is 29.3 Å². The molecular formula is C17H25Cl. The number of allylic oxidation sites excluding steroid dienone is 2. The van der Waals surface area contributed by atoms with E-state index in [0.29, 0.717) is 0 Å². The van der Waals surface area contributed by atoms with Gasteiger partial charge in [0, 0.05) is 5.03 Å². The van der Waals surface area contributed by atoms with Crippen molar-refractivity contribution in [2.24, 2.45) is 0 Å². The average Bonchev–Trinajstić information content (AvgIpc) is 2.37. The van der Waals surface area contributed by atoms with Crippen LogP contribution in [0, 0.1) is 0 Å². The monoisotopic (exact) mass is 264 g/mol. The third-order valence-corrected chi connectivity index (χ3v) is 3.58. The van der Waals surface area contributed by atoms with Crippen molar-refractivity contribution in [1.29, 1.82) is 0 Å². The predicted molar refractivity (Wildman–Crippen MR) is 83.0 cm³/mol. The van der Waals surface area contributed by atoms with Gasteiger partial charge in [0.05, 0.1) is 0 Å². The Labute approximate surface area is 117 Å². The first-order chi connectivity index (χ1) is 8.74. The number of hydrogen-bond donors (Lipinski definition) is 0. The molecule has 0 aliphatic rings. The molecule has 0 atom stereocenters. The molecule has 1 aromatic carbocycles. The molecule has 0 aliphatic heterocycles. The molecule has 0 heterocycles. The lowest BCUT2D eigenvalue weighted by atomic mass is 9.93. The van der Waals surface area contributed by atoms with Crippen molar-refractivity contribution >= 4 is 17.2 Å². The minimum absolute atomic E-state index is 0.997. The Morgan fingerprint density at radius 2 is 1.61 bits per heavy atom. The molecule has 0 saturated heterocycles. The third-order valence-electron chi connectivity index (χ3n) is 3.16. The summed E-state index contributed by atoms with van der Waals surface area (Å²) in [5.74, 6) is 0. The Morgan fingerprint density at radius 3 is 2.22 bits per heavy atom. The lowest BCUT2D eigenvalue weighted by molar-refractivity contribution is 0.900. The van der Waals surface area contributed by atoms with Crippen molar-refractivity contribution < 1.29 is 0 Å². The van der Waals surface area contributed by atoms with Gasteiger partial charge in [0.1, 0.15) is 0 Å². The van der Waals surface area contributed by atoms with Crippen molar-refractivity contribution in [2.45, 2.75) is 59.3 Å². The maximum Gasteiger partial charge on any atom is 0.0218 e. The van der Waals surface area contributed by atoms with Crippen molar-refractivity contribution in [3.8, 4) is 0 Å². The highest BCUT2D eigenvalue weighted by Crippen LogP contribution is 2.31. The molecule has 0 fully saturated rings. The largest absolute Gasteiger partial charge is 0.0888 e. The third kappa shape index (κ3) is 4.17. The highest BCUT2D eigenvalue weighted by Gasteiger charge is 2.10. The Balaban J connectivity index is 3.16. The zero-order valence-corrected chi connectivity index (χ0v) is 12.7. The van der Waals surface area contributed by atoms with Crippen LogP contribution in [0.3, 0.4) is 0 Å². The van der Waals surface area contributed by atoms with Gasteiger partial charge < -0.3 is 0 Å². The molecule has 0 bridgehead atoms. The minimum Gasteiger partial charge on any atom is -0.0888 e. The summed E-state index contributed by atoms with van der Waals surface area (Å²) >= 11 is 6.51. The highest BCUT2D eigenvalue weighted by molar-refractivity contribution is 6.32. The van der Waals surface area contributed by atoms with E-state index in [1.807, 2.05) is 0 Å². The van der Waals surface area contributed by atoms with Gasteiger partial charge in [-0.05, 0) is 36.0 Å². The van der Waals surface area contributed by atoms with Gasteiger partial charge in [-0.3, -0.25) is 0 Å². The molecule has 0 aliphatic carbocycles. The summed E-state index contributed by atoms with van der Waals surface area (Å²) in [5, 5.41) is 1.06. The lowest BCUT2D eigenvalue weighted by Gasteiger charge is -2.14. The number of halogens is 1. The molecule has 0 spiro atoms. The molecule has 0 amide bonds. The Morgan fingerprint density at radius 1 is 0.944 bits per heavy atom. The van der Waals surface area contributed by atoms with Crippen LogP contribution in [0.4, 0.5) is 0 Å². The van der Waals surface area contributed by atoms with Gasteiger partial charge >= 0.3 is 0 Å². The smallest absolute Gasteiger partial charge is 0.0218 e. The summed E-state index contributed by atoms with van der Waals surface area (Å²) in [6.07, 6.45) is 6.66. The van der Waals surface area contributed by atoms with Crippen LogP contribution in [0.5, 0.6) is 0 Å². The second kappa shape index (κ2) is 8.37. The average molecular weight is 265 g/mol. The van der Waals surface area contributed by atoms with Gasteiger partial charge in [0.2, 0.25) is 0 Å². The van der Waals surface area contributed by atoms with E-state index in [2.05, 4.69) is 45.0 Å². The van der Waals surface area contributed by atoms with Crippen LogP contribution < -0.4 is 0 Å². The van der Waals surface area contributed by atoms with Crippen molar-refractivity contribution in [3.63, 3.8) is 0 Å². The van der Waals surface area contributed by atoms with Gasteiger partial charge in [-0.2, -0.15) is 0 Å². The first-order valence-corrected chi connectivity index (χ1v) is 7.58. The lowest BCUT2D eigenvalue weighted by Crippen LogP contribution is -1.95. The van der Waals surface area contributed by atoms with E-state index in [9.17, 15) is 0 Å². The maximum absolute atomic E-state index is 6.51. The van der Waals surface area contributed by atoms with Crippen molar-refractivity contribution in [3.05, 3.63) is 40.4 Å². The summed E-state index contributed by atoms with van der Waals surface area (Å²) in [6, 6.07) is 8.73. The Hall–Kier alpha value is -0.750. The highest BCUT2D eigenvalue weighted by atomic mass is 35.5. The topological polar surface area (TPSA) is 0 Å². The van der Waals surface area contributed by atoms with Gasteiger partial charge in [-0.15, -0.1) is 0 Å².